The molecule has 1 atom stereocenters. The first-order valence-corrected chi connectivity index (χ1v) is 13.6. The largest absolute Gasteiger partial charge is 0.417 e. The number of carbonyl (C=O) groups is 1. The highest BCUT2D eigenvalue weighted by molar-refractivity contribution is 7.91. The maximum absolute atomic E-state index is 14.3. The summed E-state index contributed by atoms with van der Waals surface area (Å²) in [6.45, 7) is 0.637. The predicted molar refractivity (Wildman–Crippen MR) is 128 cm³/mol. The number of alkyl halides is 3. The zero-order valence-electron chi connectivity index (χ0n) is 18.8. The summed E-state index contributed by atoms with van der Waals surface area (Å²) < 4.78 is 71.8. The van der Waals surface area contributed by atoms with Gasteiger partial charge in [0.15, 0.2) is 15.4 Å². The molecule has 1 spiro atoms. The molecule has 3 heterocycles. The summed E-state index contributed by atoms with van der Waals surface area (Å²) in [4.78, 5) is 13.6. The van der Waals surface area contributed by atoms with Crippen LogP contribution in [0.2, 0.25) is 10.0 Å². The third-order valence-electron chi connectivity index (χ3n) is 6.72. The van der Waals surface area contributed by atoms with Crippen LogP contribution in [-0.2, 0) is 37.1 Å². The van der Waals surface area contributed by atoms with Crippen LogP contribution < -0.4 is 5.43 Å². The molecule has 7 nitrogen and oxygen atoms in total. The van der Waals surface area contributed by atoms with Crippen molar-refractivity contribution in [2.45, 2.75) is 30.3 Å². The maximum Gasteiger partial charge on any atom is 0.417 e. The molecule has 1 saturated heterocycles. The summed E-state index contributed by atoms with van der Waals surface area (Å²) in [6.07, 6.45) is -4.16. The number of carbonyl (C=O) groups excluding carboxylic acids is 1. The lowest BCUT2D eigenvalue weighted by molar-refractivity contribution is -0.196. The Labute approximate surface area is 215 Å². The first-order valence-electron chi connectivity index (χ1n) is 10.8. The molecule has 1 amide bonds. The SMILES string of the molecule is CS(=O)(=O)CC(=O)N1CC2(C1)OCc1cc(C3=NNC(c4cc(Cl)cc(Cl)c4)(C(F)(F)F)C3)ccc12. The lowest BCUT2D eigenvalue weighted by Crippen LogP contribution is -2.62. The van der Waals surface area contributed by atoms with Crippen molar-refractivity contribution in [1.82, 2.24) is 10.3 Å². The van der Waals surface area contributed by atoms with E-state index in [9.17, 15) is 26.4 Å². The van der Waals surface area contributed by atoms with Gasteiger partial charge in [0, 0.05) is 22.7 Å². The zero-order chi connectivity index (χ0) is 26.1. The number of amides is 1. The van der Waals surface area contributed by atoms with E-state index in [4.69, 9.17) is 27.9 Å². The molecule has 1 fully saturated rings. The van der Waals surface area contributed by atoms with E-state index in [1.54, 1.807) is 18.2 Å². The second-order valence-corrected chi connectivity index (χ2v) is 12.4. The summed E-state index contributed by atoms with van der Waals surface area (Å²) >= 11 is 12.0. The van der Waals surface area contributed by atoms with Crippen LogP contribution in [-0.4, -0.2) is 56.2 Å². The Morgan fingerprint density at radius 2 is 1.83 bits per heavy atom. The standard InChI is InChI=1S/C23H20Cl2F3N3O4S/c1-36(33,34)10-20(32)31-11-21(12-31)18-3-2-13(4-14(18)9-35-21)19-8-22(30-29-19,23(26,27)28)15-5-16(24)7-17(25)6-15/h2-7,30H,8-12H2,1H3. The van der Waals surface area contributed by atoms with Gasteiger partial charge in [0.05, 0.1) is 25.4 Å². The number of fused-ring (bicyclic) bond motifs is 2. The van der Waals surface area contributed by atoms with Gasteiger partial charge in [-0.3, -0.25) is 10.2 Å². The number of hydrogen-bond acceptors (Lipinski definition) is 6. The van der Waals surface area contributed by atoms with Crippen molar-refractivity contribution in [3.8, 4) is 0 Å². The lowest BCUT2D eigenvalue weighted by atomic mass is 9.82. The number of hydrazone groups is 1. The number of nitrogens with zero attached hydrogens (tertiary/aromatic N) is 2. The number of ether oxygens (including phenoxy) is 1. The molecule has 0 aromatic heterocycles. The van der Waals surface area contributed by atoms with Crippen molar-refractivity contribution in [3.63, 3.8) is 0 Å². The van der Waals surface area contributed by atoms with Gasteiger partial charge in [-0.15, -0.1) is 0 Å². The summed E-state index contributed by atoms with van der Waals surface area (Å²) in [5.74, 6) is -1.06. The van der Waals surface area contributed by atoms with E-state index in [1.165, 1.54) is 23.1 Å². The Morgan fingerprint density at radius 1 is 1.17 bits per heavy atom. The molecular formula is C23H20Cl2F3N3O4S. The minimum Gasteiger partial charge on any atom is -0.362 e. The summed E-state index contributed by atoms with van der Waals surface area (Å²) in [5.41, 5.74) is 1.25. The number of benzene rings is 2. The first kappa shape index (κ1) is 25.3. The summed E-state index contributed by atoms with van der Waals surface area (Å²) in [6, 6.07) is 8.99. The molecule has 3 aliphatic heterocycles. The van der Waals surface area contributed by atoms with E-state index in [2.05, 4.69) is 10.5 Å². The highest BCUT2D eigenvalue weighted by Crippen LogP contribution is 2.47. The highest BCUT2D eigenvalue weighted by atomic mass is 35.5. The van der Waals surface area contributed by atoms with Gasteiger partial charge in [-0.2, -0.15) is 18.3 Å². The molecule has 0 bridgehead atoms. The average Bonchev–Trinajstić information content (AvgIpc) is 3.33. The molecular weight excluding hydrogens is 542 g/mol. The zero-order valence-corrected chi connectivity index (χ0v) is 21.2. The quantitative estimate of drug-likeness (QED) is 0.614. The molecule has 192 valence electrons. The van der Waals surface area contributed by atoms with Gasteiger partial charge in [0.1, 0.15) is 11.4 Å². The van der Waals surface area contributed by atoms with Gasteiger partial charge in [0.25, 0.3) is 0 Å². The van der Waals surface area contributed by atoms with Crippen LogP contribution >= 0.6 is 23.2 Å². The second-order valence-electron chi connectivity index (χ2n) is 9.38. The van der Waals surface area contributed by atoms with Gasteiger partial charge in [-0.25, -0.2) is 8.42 Å². The minimum absolute atomic E-state index is 0.0842. The lowest BCUT2D eigenvalue weighted by Gasteiger charge is -2.47. The van der Waals surface area contributed by atoms with Gasteiger partial charge in [-0.1, -0.05) is 35.3 Å². The fourth-order valence-corrected chi connectivity index (χ4v) is 6.07. The molecule has 0 radical (unpaired) electrons. The van der Waals surface area contributed by atoms with Crippen molar-refractivity contribution < 1.29 is 31.1 Å². The van der Waals surface area contributed by atoms with Gasteiger partial charge in [0.2, 0.25) is 5.91 Å². The second kappa shape index (κ2) is 8.34. The summed E-state index contributed by atoms with van der Waals surface area (Å²) in [5, 5.41) is 4.21. The fourth-order valence-electron chi connectivity index (χ4n) is 4.91. The average molecular weight is 562 g/mol. The number of hydrogen-bond donors (Lipinski definition) is 1. The Bertz CT molecular complexity index is 1390. The molecule has 1 unspecified atom stereocenters. The molecule has 2 aromatic carbocycles. The number of likely N-dealkylation sites (tertiary alicyclic amines) is 1. The third kappa shape index (κ3) is 4.25. The molecule has 13 heteroatoms. The van der Waals surface area contributed by atoms with E-state index in [-0.39, 0.29) is 41.0 Å². The van der Waals surface area contributed by atoms with Crippen LogP contribution in [0.5, 0.6) is 0 Å². The Kier molecular flexibility index (Phi) is 5.86. The van der Waals surface area contributed by atoms with Crippen molar-refractivity contribution in [3.05, 3.63) is 68.7 Å². The van der Waals surface area contributed by atoms with Gasteiger partial charge in [-0.05, 0) is 46.5 Å². The van der Waals surface area contributed by atoms with Crippen molar-refractivity contribution in [1.29, 1.82) is 0 Å². The number of nitrogens with one attached hydrogen (secondary N) is 1. The Hall–Kier alpha value is -2.34. The Morgan fingerprint density at radius 3 is 2.44 bits per heavy atom. The number of sulfone groups is 1. The van der Waals surface area contributed by atoms with E-state index >= 15 is 0 Å². The Balaban J connectivity index is 1.37. The van der Waals surface area contributed by atoms with Crippen LogP contribution in [0.25, 0.3) is 0 Å². The number of rotatable bonds is 4. The smallest absolute Gasteiger partial charge is 0.362 e. The van der Waals surface area contributed by atoms with Crippen molar-refractivity contribution in [2.24, 2.45) is 5.10 Å². The van der Waals surface area contributed by atoms with Crippen molar-refractivity contribution >= 4 is 44.7 Å². The number of halogens is 5. The minimum atomic E-state index is -4.69. The van der Waals surface area contributed by atoms with E-state index < -0.39 is 45.2 Å². The molecule has 2 aromatic rings. The van der Waals surface area contributed by atoms with Crippen LogP contribution in [0.3, 0.4) is 0 Å². The van der Waals surface area contributed by atoms with Crippen LogP contribution in [0, 0.1) is 0 Å². The van der Waals surface area contributed by atoms with Crippen LogP contribution in [0.4, 0.5) is 13.2 Å². The fraction of sp³-hybridized carbons (Fsp3) is 0.391. The van der Waals surface area contributed by atoms with Gasteiger partial charge < -0.3 is 9.64 Å². The monoisotopic (exact) mass is 561 g/mol. The molecule has 36 heavy (non-hydrogen) atoms. The predicted octanol–water partition coefficient (Wildman–Crippen LogP) is 3.76. The van der Waals surface area contributed by atoms with Crippen LogP contribution in [0.1, 0.15) is 28.7 Å². The van der Waals surface area contributed by atoms with E-state index in [0.717, 1.165) is 17.4 Å². The first-order chi connectivity index (χ1) is 16.7. The van der Waals surface area contributed by atoms with Gasteiger partial charge >= 0.3 is 6.18 Å². The highest BCUT2D eigenvalue weighted by Gasteiger charge is 2.59. The normalized spacial score (nSPS) is 22.7. The van der Waals surface area contributed by atoms with E-state index in [1.807, 2.05) is 0 Å². The third-order valence-corrected chi connectivity index (χ3v) is 7.93. The molecule has 0 aliphatic carbocycles. The topological polar surface area (TPSA) is 88.1 Å². The van der Waals surface area contributed by atoms with E-state index in [0.29, 0.717) is 5.56 Å². The van der Waals surface area contributed by atoms with Crippen LogP contribution in [0.15, 0.2) is 41.5 Å². The molecule has 5 rings (SSSR count). The maximum atomic E-state index is 14.3. The molecule has 1 N–H and O–H groups in total. The molecule has 0 saturated carbocycles. The summed E-state index contributed by atoms with van der Waals surface area (Å²) in [7, 11) is -3.45. The van der Waals surface area contributed by atoms with Crippen molar-refractivity contribution in [2.75, 3.05) is 25.1 Å². The molecule has 3 aliphatic rings.